The summed E-state index contributed by atoms with van der Waals surface area (Å²) in [6.07, 6.45) is 1.61. The summed E-state index contributed by atoms with van der Waals surface area (Å²) in [5, 5.41) is 6.12. The molecule has 0 aliphatic rings. The molecule has 0 radical (unpaired) electrons. The molecule has 0 saturated carbocycles. The van der Waals surface area contributed by atoms with Crippen LogP contribution >= 0.6 is 0 Å². The topological polar surface area (TPSA) is 88.6 Å². The molecule has 1 aromatic heterocycles. The number of carbonyl (C=O) groups excluding carboxylic acids is 1. The molecule has 0 fully saturated rings. The molecule has 3 rings (SSSR count). The molecule has 1 heterocycles. The van der Waals surface area contributed by atoms with E-state index < -0.39 is 0 Å². The quantitative estimate of drug-likeness (QED) is 0.552. The summed E-state index contributed by atoms with van der Waals surface area (Å²) in [4.78, 5) is 23.6. The van der Waals surface area contributed by atoms with Gasteiger partial charge in [0.1, 0.15) is 11.6 Å². The van der Waals surface area contributed by atoms with Crippen molar-refractivity contribution >= 4 is 29.2 Å². The van der Waals surface area contributed by atoms with Gasteiger partial charge in [-0.25, -0.2) is 14.7 Å². The number of benzene rings is 2. The van der Waals surface area contributed by atoms with Crippen molar-refractivity contribution in [2.75, 3.05) is 36.4 Å². The van der Waals surface area contributed by atoms with Crippen LogP contribution in [0, 0.1) is 6.92 Å². The molecule has 162 valence electrons. The smallest absolute Gasteiger partial charge is 0.332 e. The fraction of sp³-hybridized carbons (Fsp3) is 0.261. The number of aryl methyl sites for hydroxylation is 1. The number of hydrogen-bond donors (Lipinski definition) is 2. The molecule has 2 N–H and O–H groups in total. The van der Waals surface area contributed by atoms with Crippen molar-refractivity contribution in [3.8, 4) is 5.75 Å². The number of aromatic nitrogens is 2. The molecule has 0 spiro atoms. The van der Waals surface area contributed by atoms with Gasteiger partial charge in [-0.15, -0.1) is 0 Å². The number of carbonyl (C=O) groups is 1. The van der Waals surface area contributed by atoms with E-state index in [9.17, 15) is 4.79 Å². The van der Waals surface area contributed by atoms with Gasteiger partial charge < -0.3 is 20.1 Å². The number of methoxy groups -OCH3 is 2. The molecular formula is C23H27N5O3. The summed E-state index contributed by atoms with van der Waals surface area (Å²) < 4.78 is 10.4. The van der Waals surface area contributed by atoms with Crippen molar-refractivity contribution in [2.24, 2.45) is 0 Å². The van der Waals surface area contributed by atoms with Crippen molar-refractivity contribution in [3.63, 3.8) is 0 Å². The average molecular weight is 422 g/mol. The highest BCUT2D eigenvalue weighted by Gasteiger charge is 2.21. The molecular weight excluding hydrogens is 394 g/mol. The molecule has 31 heavy (non-hydrogen) atoms. The van der Waals surface area contributed by atoms with E-state index in [2.05, 4.69) is 20.6 Å². The van der Waals surface area contributed by atoms with Crippen LogP contribution in [-0.4, -0.2) is 42.9 Å². The number of anilines is 4. The first kappa shape index (κ1) is 22.0. The lowest BCUT2D eigenvalue weighted by atomic mass is 10.2. The maximum Gasteiger partial charge on any atom is 0.332 e. The van der Waals surface area contributed by atoms with E-state index in [-0.39, 0.29) is 12.1 Å². The number of ether oxygens (including phenoxy) is 2. The van der Waals surface area contributed by atoms with Crippen LogP contribution in [0.2, 0.25) is 0 Å². The van der Waals surface area contributed by atoms with Crippen LogP contribution in [0.5, 0.6) is 5.75 Å². The van der Waals surface area contributed by atoms with E-state index in [1.165, 1.54) is 4.90 Å². The molecule has 1 atom stereocenters. The van der Waals surface area contributed by atoms with Gasteiger partial charge in [-0.05, 0) is 55.8 Å². The van der Waals surface area contributed by atoms with Crippen molar-refractivity contribution in [1.82, 2.24) is 9.97 Å². The molecule has 1 unspecified atom stereocenters. The van der Waals surface area contributed by atoms with Crippen LogP contribution in [0.15, 0.2) is 60.8 Å². The summed E-state index contributed by atoms with van der Waals surface area (Å²) >= 11 is 0. The third kappa shape index (κ3) is 5.93. The third-order valence-electron chi connectivity index (χ3n) is 4.47. The molecule has 8 heteroatoms. The fourth-order valence-corrected chi connectivity index (χ4v) is 3.04. The van der Waals surface area contributed by atoms with Gasteiger partial charge in [0.05, 0.1) is 19.4 Å². The largest absolute Gasteiger partial charge is 0.497 e. The van der Waals surface area contributed by atoms with Gasteiger partial charge in [0, 0.05) is 31.1 Å². The molecule has 0 saturated heterocycles. The maximum atomic E-state index is 13.3. The van der Waals surface area contributed by atoms with Gasteiger partial charge >= 0.3 is 6.03 Å². The second-order valence-corrected chi connectivity index (χ2v) is 7.07. The highest BCUT2D eigenvalue weighted by Crippen LogP contribution is 2.27. The molecule has 2 aromatic carbocycles. The number of hydrogen-bond acceptors (Lipinski definition) is 6. The van der Waals surface area contributed by atoms with Crippen LogP contribution in [0.1, 0.15) is 12.5 Å². The van der Waals surface area contributed by atoms with Gasteiger partial charge in [0.25, 0.3) is 0 Å². The van der Waals surface area contributed by atoms with Crippen LogP contribution in [0.4, 0.5) is 27.9 Å². The van der Waals surface area contributed by atoms with Crippen LogP contribution in [-0.2, 0) is 4.74 Å². The van der Waals surface area contributed by atoms with Gasteiger partial charge in [-0.1, -0.05) is 12.1 Å². The summed E-state index contributed by atoms with van der Waals surface area (Å²) in [6.45, 7) is 4.44. The lowest BCUT2D eigenvalue weighted by molar-refractivity contribution is 0.190. The van der Waals surface area contributed by atoms with Crippen LogP contribution in [0.3, 0.4) is 0 Å². The van der Waals surface area contributed by atoms with E-state index in [0.717, 1.165) is 5.56 Å². The normalized spacial score (nSPS) is 11.5. The van der Waals surface area contributed by atoms with Crippen molar-refractivity contribution in [2.45, 2.75) is 19.9 Å². The second-order valence-electron chi connectivity index (χ2n) is 7.07. The maximum absolute atomic E-state index is 13.3. The Kier molecular flexibility index (Phi) is 7.40. The highest BCUT2D eigenvalue weighted by molar-refractivity contribution is 6.06. The summed E-state index contributed by atoms with van der Waals surface area (Å²) in [7, 11) is 3.23. The molecule has 0 bridgehead atoms. The first-order valence-electron chi connectivity index (χ1n) is 9.90. The van der Waals surface area contributed by atoms with Gasteiger partial charge in [0.2, 0.25) is 5.95 Å². The Balaban J connectivity index is 1.94. The van der Waals surface area contributed by atoms with E-state index in [1.807, 2.05) is 38.1 Å². The average Bonchev–Trinajstić information content (AvgIpc) is 2.75. The highest BCUT2D eigenvalue weighted by atomic mass is 16.5. The fourth-order valence-electron chi connectivity index (χ4n) is 3.04. The van der Waals surface area contributed by atoms with Gasteiger partial charge in [0.15, 0.2) is 0 Å². The predicted octanol–water partition coefficient (Wildman–Crippen LogP) is 4.61. The number of amides is 2. The zero-order chi connectivity index (χ0) is 22.2. The molecule has 2 amide bonds. The summed E-state index contributed by atoms with van der Waals surface area (Å²) in [5.41, 5.74) is 2.39. The summed E-state index contributed by atoms with van der Waals surface area (Å²) in [6, 6.07) is 16.2. The monoisotopic (exact) mass is 421 g/mol. The third-order valence-corrected chi connectivity index (χ3v) is 4.47. The van der Waals surface area contributed by atoms with Crippen LogP contribution in [0.25, 0.3) is 0 Å². The van der Waals surface area contributed by atoms with E-state index in [1.54, 1.807) is 50.7 Å². The minimum Gasteiger partial charge on any atom is -0.497 e. The first-order chi connectivity index (χ1) is 15.0. The molecule has 8 nitrogen and oxygen atoms in total. The Morgan fingerprint density at radius 1 is 1.13 bits per heavy atom. The van der Waals surface area contributed by atoms with E-state index in [4.69, 9.17) is 9.47 Å². The number of nitrogens with one attached hydrogen (secondary N) is 2. The predicted molar refractivity (Wildman–Crippen MR) is 122 cm³/mol. The molecule has 3 aromatic rings. The Morgan fingerprint density at radius 2 is 1.90 bits per heavy atom. The summed E-state index contributed by atoms with van der Waals surface area (Å²) in [5.74, 6) is 1.53. The molecule has 0 aliphatic carbocycles. The number of rotatable bonds is 8. The Labute approximate surface area is 182 Å². The zero-order valence-corrected chi connectivity index (χ0v) is 18.1. The van der Waals surface area contributed by atoms with Crippen molar-refractivity contribution in [3.05, 3.63) is 66.4 Å². The van der Waals surface area contributed by atoms with E-state index in [0.29, 0.717) is 35.5 Å². The number of urea groups is 1. The lowest BCUT2D eigenvalue weighted by Gasteiger charge is -2.23. The SMILES string of the molecule is COCC(C)Nc1nccc(N(C(=O)Nc2cccc(C)c2)c2ccc(OC)cc2)n1. The van der Waals surface area contributed by atoms with Gasteiger partial charge in [-0.2, -0.15) is 4.98 Å². The van der Waals surface area contributed by atoms with E-state index >= 15 is 0 Å². The van der Waals surface area contributed by atoms with Crippen LogP contribution < -0.4 is 20.3 Å². The first-order valence-corrected chi connectivity index (χ1v) is 9.90. The number of nitrogens with zero attached hydrogens (tertiary/aromatic N) is 3. The van der Waals surface area contributed by atoms with Crippen molar-refractivity contribution < 1.29 is 14.3 Å². The zero-order valence-electron chi connectivity index (χ0n) is 18.1. The van der Waals surface area contributed by atoms with Gasteiger partial charge in [-0.3, -0.25) is 0 Å². The second kappa shape index (κ2) is 10.4. The Morgan fingerprint density at radius 3 is 2.58 bits per heavy atom. The lowest BCUT2D eigenvalue weighted by Crippen LogP contribution is -2.32. The Bertz CT molecular complexity index is 1010. The minimum absolute atomic E-state index is 0.0100. The van der Waals surface area contributed by atoms with Crippen molar-refractivity contribution in [1.29, 1.82) is 0 Å². The molecule has 0 aliphatic heterocycles. The standard InChI is InChI=1S/C23H27N5O3/c1-16-6-5-7-18(14-16)26-23(29)28(19-8-10-20(31-4)11-9-19)21-12-13-24-22(27-21)25-17(2)15-30-3/h5-14,17H,15H2,1-4H3,(H,26,29)(H,24,25,27). The minimum atomic E-state index is -0.342. The Hall–Kier alpha value is -3.65.